The van der Waals surface area contributed by atoms with Gasteiger partial charge in [-0.2, -0.15) is 35.4 Å². The summed E-state index contributed by atoms with van der Waals surface area (Å²) in [6, 6.07) is 0. The van der Waals surface area contributed by atoms with Crippen molar-refractivity contribution in [1.29, 1.82) is 0 Å². The van der Waals surface area contributed by atoms with Crippen molar-refractivity contribution in [1.82, 2.24) is 0 Å². The maximum Gasteiger partial charge on any atom is 0.464 e. The highest BCUT2D eigenvalue weighted by molar-refractivity contribution is 8.00. The van der Waals surface area contributed by atoms with Gasteiger partial charge in [0, 0.05) is 5.75 Å². The van der Waals surface area contributed by atoms with Gasteiger partial charge in [-0.25, -0.2) is 0 Å². The lowest BCUT2D eigenvalue weighted by molar-refractivity contribution is -0.237. The van der Waals surface area contributed by atoms with Crippen molar-refractivity contribution >= 4 is 60.1 Å². The van der Waals surface area contributed by atoms with Gasteiger partial charge in [0.1, 0.15) is 0 Å². The van der Waals surface area contributed by atoms with Crippen molar-refractivity contribution in [3.05, 3.63) is 0 Å². The normalized spacial score (nSPS) is 13.7. The third kappa shape index (κ3) is 6.66. The molecule has 0 N–H and O–H groups in total. The molecule has 10 heteroatoms. The van der Waals surface area contributed by atoms with E-state index in [4.69, 9.17) is 34.8 Å². The Labute approximate surface area is 103 Å². The molecule has 0 unspecified atom stereocenters. The third-order valence-corrected chi connectivity index (χ3v) is 2.79. The Bertz CT molecular complexity index is 177. The van der Waals surface area contributed by atoms with Gasteiger partial charge in [0.05, 0.1) is 0 Å². The zero-order chi connectivity index (χ0) is 10.9. The van der Waals surface area contributed by atoms with Crippen molar-refractivity contribution in [3.63, 3.8) is 0 Å². The van der Waals surface area contributed by atoms with Crippen LogP contribution in [0.2, 0.25) is 0 Å². The lowest BCUT2D eigenvalue weighted by Crippen LogP contribution is -2.34. The average Bonchev–Trinajstić information content (AvgIpc) is 1.79. The second-order valence-corrected chi connectivity index (χ2v) is 5.52. The Kier molecular flexibility index (Phi) is 6.94. The number of hydrogen-bond donors (Lipinski definition) is 0. The molecule has 0 saturated heterocycles. The fraction of sp³-hybridized carbons (Fsp3) is 1.00. The molecule has 0 nitrogen and oxygen atoms in total. The Morgan fingerprint density at radius 1 is 0.929 bits per heavy atom. The van der Waals surface area contributed by atoms with E-state index in [0.717, 1.165) is 0 Å². The maximum atomic E-state index is 12.1. The topological polar surface area (TPSA) is 0 Å². The lowest BCUT2D eigenvalue weighted by atomic mass is 10.7. The van der Waals surface area contributed by atoms with Crippen LogP contribution in [0.3, 0.4) is 0 Å². The summed E-state index contributed by atoms with van der Waals surface area (Å²) in [7, 11) is 0. The van der Waals surface area contributed by atoms with E-state index in [2.05, 4.69) is 0 Å². The highest BCUT2D eigenvalue weighted by Gasteiger charge is 2.58. The molecule has 0 amide bonds. The molecule has 0 saturated carbocycles. The van der Waals surface area contributed by atoms with Gasteiger partial charge in [-0.15, -0.1) is 0 Å². The highest BCUT2D eigenvalue weighted by Crippen LogP contribution is 2.46. The fourth-order valence-corrected chi connectivity index (χ4v) is 1.25. The van der Waals surface area contributed by atoms with E-state index in [-0.39, 0.29) is 13.5 Å². The van der Waals surface area contributed by atoms with E-state index in [9.17, 15) is 22.0 Å². The molecular formula is C4H4Cl3F5S2. The number of hydrogen-bond acceptors (Lipinski definition) is 1. The summed E-state index contributed by atoms with van der Waals surface area (Å²) < 4.78 is 56.6. The van der Waals surface area contributed by atoms with Crippen LogP contribution in [0, 0.1) is 0 Å². The van der Waals surface area contributed by atoms with Gasteiger partial charge < -0.3 is 0 Å². The van der Waals surface area contributed by atoms with Gasteiger partial charge in [-0.05, 0) is 0 Å². The molecule has 0 aliphatic heterocycles. The molecule has 0 aromatic heterocycles. The van der Waals surface area contributed by atoms with Crippen molar-refractivity contribution in [3.8, 4) is 0 Å². The molecule has 0 radical (unpaired) electrons. The van der Waals surface area contributed by atoms with Crippen LogP contribution in [0.5, 0.6) is 0 Å². The zero-order valence-corrected chi connectivity index (χ0v) is 10.2. The van der Waals surface area contributed by atoms with Gasteiger partial charge in [0.2, 0.25) is 0 Å². The first-order chi connectivity index (χ1) is 5.46. The minimum absolute atomic E-state index is 0. The summed E-state index contributed by atoms with van der Waals surface area (Å²) in [4.78, 5) is 0. The Morgan fingerprint density at radius 2 is 1.29 bits per heavy atom. The minimum Gasteiger partial charge on any atom is -0.197 e. The van der Waals surface area contributed by atoms with Crippen LogP contribution in [-0.4, -0.2) is 21.0 Å². The molecule has 0 aromatic rings. The predicted molar refractivity (Wildman–Crippen MR) is 54.1 cm³/mol. The van der Waals surface area contributed by atoms with Crippen molar-refractivity contribution in [2.75, 3.05) is 5.75 Å². The van der Waals surface area contributed by atoms with Crippen LogP contribution in [0.4, 0.5) is 22.0 Å². The minimum atomic E-state index is -5.63. The van der Waals surface area contributed by atoms with Crippen LogP contribution < -0.4 is 0 Å². The number of thioether (sulfide) groups is 1. The van der Waals surface area contributed by atoms with Crippen LogP contribution >= 0.6 is 60.1 Å². The molecule has 88 valence electrons. The van der Waals surface area contributed by atoms with Gasteiger partial charge >= 0.3 is 11.4 Å². The van der Waals surface area contributed by atoms with E-state index < -0.39 is 32.7 Å². The molecule has 0 atom stereocenters. The molecule has 0 aliphatic rings. The summed E-state index contributed by atoms with van der Waals surface area (Å²) >= 11 is 14.2. The van der Waals surface area contributed by atoms with Gasteiger partial charge in [-0.1, -0.05) is 46.6 Å². The first-order valence-electron chi connectivity index (χ1n) is 2.61. The Hall–Kier alpha value is 1.22. The smallest absolute Gasteiger partial charge is 0.197 e. The molecule has 0 bridgehead atoms. The largest absolute Gasteiger partial charge is 0.464 e. The van der Waals surface area contributed by atoms with Gasteiger partial charge in [-0.3, -0.25) is 0 Å². The molecule has 0 aliphatic carbocycles. The standard InChI is InChI=1S/C4H2Cl3F5S.H2S/c5-2(6,7)1-13-4(11,12)3(8,9)10;/h1H2;1H2. The van der Waals surface area contributed by atoms with Crippen molar-refractivity contribution in [2.24, 2.45) is 0 Å². The van der Waals surface area contributed by atoms with Crippen molar-refractivity contribution in [2.45, 2.75) is 15.2 Å². The fourth-order valence-electron chi connectivity index (χ4n) is 0.254. The molecule has 0 heterocycles. The van der Waals surface area contributed by atoms with E-state index in [1.807, 2.05) is 0 Å². The molecule has 14 heavy (non-hydrogen) atoms. The Balaban J connectivity index is 0. The molecular weight excluding hydrogens is 314 g/mol. The summed E-state index contributed by atoms with van der Waals surface area (Å²) in [5.74, 6) is -0.940. The van der Waals surface area contributed by atoms with Crippen LogP contribution in [-0.2, 0) is 0 Å². The second-order valence-electron chi connectivity index (χ2n) is 1.92. The van der Waals surface area contributed by atoms with E-state index in [0.29, 0.717) is 0 Å². The summed E-state index contributed by atoms with van der Waals surface area (Å²) in [5, 5.41) is -4.89. The maximum absolute atomic E-state index is 12.1. The summed E-state index contributed by atoms with van der Waals surface area (Å²) in [6.07, 6.45) is -5.63. The van der Waals surface area contributed by atoms with Gasteiger partial charge in [0.15, 0.2) is 3.79 Å². The SMILES string of the molecule is FC(F)(F)C(F)(F)SCC(Cl)(Cl)Cl.S. The van der Waals surface area contributed by atoms with Gasteiger partial charge in [0.25, 0.3) is 0 Å². The van der Waals surface area contributed by atoms with E-state index in [1.54, 1.807) is 0 Å². The molecule has 0 spiro atoms. The monoisotopic (exact) mass is 316 g/mol. The number of rotatable bonds is 2. The Morgan fingerprint density at radius 3 is 1.50 bits per heavy atom. The third-order valence-electron chi connectivity index (χ3n) is 0.747. The molecule has 0 fully saturated rings. The number of alkyl halides is 8. The van der Waals surface area contributed by atoms with Crippen LogP contribution in [0.1, 0.15) is 0 Å². The van der Waals surface area contributed by atoms with Crippen LogP contribution in [0.15, 0.2) is 0 Å². The first kappa shape index (κ1) is 17.6. The van der Waals surface area contributed by atoms with Crippen molar-refractivity contribution < 1.29 is 22.0 Å². The summed E-state index contributed by atoms with van der Waals surface area (Å²) in [5.41, 5.74) is 0. The number of halogens is 8. The quantitative estimate of drug-likeness (QED) is 0.539. The molecule has 0 rings (SSSR count). The van der Waals surface area contributed by atoms with E-state index >= 15 is 0 Å². The highest BCUT2D eigenvalue weighted by atomic mass is 35.6. The lowest BCUT2D eigenvalue weighted by Gasteiger charge is -2.20. The first-order valence-corrected chi connectivity index (χ1v) is 4.73. The predicted octanol–water partition coefficient (Wildman–Crippen LogP) is 4.36. The molecule has 0 aromatic carbocycles. The van der Waals surface area contributed by atoms with E-state index in [1.165, 1.54) is 0 Å². The second kappa shape index (κ2) is 5.52. The average molecular weight is 318 g/mol. The zero-order valence-electron chi connectivity index (χ0n) is 6.14. The van der Waals surface area contributed by atoms with Crippen LogP contribution in [0.25, 0.3) is 0 Å². The summed E-state index contributed by atoms with van der Waals surface area (Å²) in [6.45, 7) is 0.